The van der Waals surface area contributed by atoms with Gasteiger partial charge in [-0.2, -0.15) is 0 Å². The molecule has 43 heavy (non-hydrogen) atoms. The minimum Gasteiger partial charge on any atom is -0.455 e. The number of carbonyl (C=O) groups is 1. The first-order valence-electron chi connectivity index (χ1n) is 15.2. The predicted molar refractivity (Wildman–Crippen MR) is 164 cm³/mol. The summed E-state index contributed by atoms with van der Waals surface area (Å²) in [5, 5.41) is 0. The van der Waals surface area contributed by atoms with Crippen molar-refractivity contribution in [3.05, 3.63) is 119 Å². The maximum atomic E-state index is 13.2. The minimum absolute atomic E-state index is 0.0210. The average molecular weight is 579 g/mol. The van der Waals surface area contributed by atoms with Crippen molar-refractivity contribution in [3.8, 4) is 11.5 Å². The lowest BCUT2D eigenvalue weighted by molar-refractivity contribution is 0.0591. The second kappa shape index (κ2) is 12.6. The van der Waals surface area contributed by atoms with Crippen molar-refractivity contribution < 1.29 is 18.7 Å². The summed E-state index contributed by atoms with van der Waals surface area (Å²) in [6.07, 6.45) is 0. The molecule has 0 unspecified atom stereocenters. The van der Waals surface area contributed by atoms with E-state index in [9.17, 15) is 4.79 Å². The maximum absolute atomic E-state index is 13.2. The zero-order chi connectivity index (χ0) is 29.0. The Morgan fingerprint density at radius 3 is 1.98 bits per heavy atom. The number of rotatable bonds is 8. The van der Waals surface area contributed by atoms with Gasteiger partial charge >= 0.3 is 0 Å². The molecule has 4 aromatic rings. The lowest BCUT2D eigenvalue weighted by Crippen LogP contribution is -2.48. The number of nitrogens with zero attached hydrogens (tertiary/aromatic N) is 4. The first-order valence-corrected chi connectivity index (χ1v) is 15.2. The molecule has 222 valence electrons. The van der Waals surface area contributed by atoms with Crippen molar-refractivity contribution in [1.29, 1.82) is 0 Å². The highest BCUT2D eigenvalue weighted by atomic mass is 16.7. The van der Waals surface area contributed by atoms with Crippen LogP contribution in [-0.2, 0) is 13.1 Å². The number of benzene rings is 3. The molecule has 0 radical (unpaired) electrons. The predicted octanol–water partition coefficient (Wildman–Crippen LogP) is 4.87. The van der Waals surface area contributed by atoms with Crippen LogP contribution >= 0.6 is 0 Å². The highest BCUT2D eigenvalue weighted by molar-refractivity contribution is 5.91. The summed E-state index contributed by atoms with van der Waals surface area (Å²) in [7, 11) is 0. The number of furan rings is 1. The summed E-state index contributed by atoms with van der Waals surface area (Å²) in [6.45, 7) is 8.69. The molecule has 8 nitrogen and oxygen atoms in total. The first-order chi connectivity index (χ1) is 21.2. The Labute approximate surface area is 253 Å². The molecule has 7 rings (SSSR count). The fourth-order valence-corrected chi connectivity index (χ4v) is 6.43. The van der Waals surface area contributed by atoms with Crippen molar-refractivity contribution in [2.75, 3.05) is 59.2 Å². The Bertz CT molecular complexity index is 1470. The van der Waals surface area contributed by atoms with Gasteiger partial charge in [0.05, 0.1) is 12.6 Å². The number of amides is 1. The van der Waals surface area contributed by atoms with Crippen LogP contribution in [0.2, 0.25) is 0 Å². The van der Waals surface area contributed by atoms with Gasteiger partial charge in [-0.15, -0.1) is 0 Å². The average Bonchev–Trinajstić information content (AvgIpc) is 3.73. The van der Waals surface area contributed by atoms with Crippen molar-refractivity contribution >= 4 is 5.91 Å². The molecule has 0 aliphatic carbocycles. The third-order valence-electron chi connectivity index (χ3n) is 8.76. The van der Waals surface area contributed by atoms with E-state index in [1.54, 1.807) is 0 Å². The molecule has 3 aliphatic rings. The van der Waals surface area contributed by atoms with Crippen LogP contribution in [0, 0.1) is 0 Å². The number of piperazine rings is 2. The highest BCUT2D eigenvalue weighted by Gasteiger charge is 2.28. The largest absolute Gasteiger partial charge is 0.455 e. The van der Waals surface area contributed by atoms with E-state index in [0.717, 1.165) is 63.1 Å². The normalized spacial score (nSPS) is 17.9. The Kier molecular flexibility index (Phi) is 8.14. The Morgan fingerprint density at radius 1 is 0.651 bits per heavy atom. The van der Waals surface area contributed by atoms with Gasteiger partial charge in [0.2, 0.25) is 6.79 Å². The molecule has 3 aliphatic heterocycles. The molecule has 1 amide bonds. The van der Waals surface area contributed by atoms with Crippen LogP contribution in [0.3, 0.4) is 0 Å². The topological polar surface area (TPSA) is 61.6 Å². The summed E-state index contributed by atoms with van der Waals surface area (Å²) < 4.78 is 17.0. The van der Waals surface area contributed by atoms with Gasteiger partial charge in [0.15, 0.2) is 17.3 Å². The van der Waals surface area contributed by atoms with Crippen molar-refractivity contribution in [3.63, 3.8) is 0 Å². The first kappa shape index (κ1) is 27.7. The molecule has 2 saturated heterocycles. The van der Waals surface area contributed by atoms with Crippen LogP contribution in [0.1, 0.15) is 39.0 Å². The second-order valence-corrected chi connectivity index (χ2v) is 11.6. The summed E-state index contributed by atoms with van der Waals surface area (Å²) in [6, 6.07) is 31.7. The van der Waals surface area contributed by atoms with Crippen LogP contribution in [0.15, 0.2) is 95.4 Å². The van der Waals surface area contributed by atoms with Crippen molar-refractivity contribution in [2.24, 2.45) is 0 Å². The number of hydrogen-bond donors (Lipinski definition) is 0. The highest BCUT2D eigenvalue weighted by Crippen LogP contribution is 2.33. The minimum atomic E-state index is -0.0210. The third-order valence-corrected chi connectivity index (χ3v) is 8.76. The molecule has 0 bridgehead atoms. The van der Waals surface area contributed by atoms with E-state index in [1.807, 2.05) is 23.1 Å². The van der Waals surface area contributed by atoms with E-state index >= 15 is 0 Å². The van der Waals surface area contributed by atoms with E-state index in [-0.39, 0.29) is 18.7 Å². The molecular formula is C35H38N4O4. The molecule has 2 fully saturated rings. The monoisotopic (exact) mass is 578 g/mol. The van der Waals surface area contributed by atoms with Crippen molar-refractivity contribution in [2.45, 2.75) is 19.1 Å². The van der Waals surface area contributed by atoms with Crippen LogP contribution in [0.5, 0.6) is 11.5 Å². The SMILES string of the molecule is O=C(c1ccc(CN2CCN(C(c3ccccc3)c3ccccc3)CC2)o1)N1CCN(Cc2ccc3c(c2)OCO3)CC1. The molecule has 0 atom stereocenters. The van der Waals surface area contributed by atoms with E-state index < -0.39 is 0 Å². The summed E-state index contributed by atoms with van der Waals surface area (Å²) in [5.74, 6) is 2.88. The molecule has 0 spiro atoms. The fourth-order valence-electron chi connectivity index (χ4n) is 6.43. The lowest BCUT2D eigenvalue weighted by atomic mass is 9.96. The maximum Gasteiger partial charge on any atom is 0.289 e. The molecule has 0 saturated carbocycles. The van der Waals surface area contributed by atoms with E-state index in [4.69, 9.17) is 13.9 Å². The Balaban J connectivity index is 0.905. The van der Waals surface area contributed by atoms with Gasteiger partial charge in [-0.3, -0.25) is 19.5 Å². The van der Waals surface area contributed by atoms with Gasteiger partial charge in [-0.25, -0.2) is 0 Å². The molecule has 8 heteroatoms. The van der Waals surface area contributed by atoms with Gasteiger partial charge in [-0.05, 0) is 41.0 Å². The van der Waals surface area contributed by atoms with Crippen molar-refractivity contribution in [1.82, 2.24) is 19.6 Å². The lowest BCUT2D eigenvalue weighted by Gasteiger charge is -2.39. The number of ether oxygens (including phenoxy) is 2. The third kappa shape index (κ3) is 6.32. The standard InChI is InChI=1S/C35H38N4O4/c40-35(39-21-17-36(18-22-39)24-27-11-13-31-33(23-27)42-26-41-31)32-14-12-30(43-32)25-37-15-19-38(20-16-37)34(28-7-3-1-4-8-28)29-9-5-2-6-10-29/h1-14,23,34H,15-22,24-26H2. The van der Waals surface area contributed by atoms with Gasteiger partial charge in [0.25, 0.3) is 5.91 Å². The number of fused-ring (bicyclic) bond motifs is 1. The number of carbonyl (C=O) groups excluding carboxylic acids is 1. The molecule has 1 aromatic heterocycles. The number of hydrogen-bond acceptors (Lipinski definition) is 7. The van der Waals surface area contributed by atoms with E-state index in [2.05, 4.69) is 87.5 Å². The van der Waals surface area contributed by atoms with E-state index in [0.29, 0.717) is 25.4 Å². The van der Waals surface area contributed by atoms with Gasteiger partial charge in [-0.1, -0.05) is 66.7 Å². The Hall–Kier alpha value is -4.11. The summed E-state index contributed by atoms with van der Waals surface area (Å²) in [5.41, 5.74) is 3.84. The molecule has 0 N–H and O–H groups in total. The summed E-state index contributed by atoms with van der Waals surface area (Å²) >= 11 is 0. The summed E-state index contributed by atoms with van der Waals surface area (Å²) in [4.78, 5) is 22.5. The zero-order valence-electron chi connectivity index (χ0n) is 24.4. The van der Waals surface area contributed by atoms with Crippen LogP contribution < -0.4 is 9.47 Å². The van der Waals surface area contributed by atoms with Gasteiger partial charge < -0.3 is 18.8 Å². The smallest absolute Gasteiger partial charge is 0.289 e. The van der Waals surface area contributed by atoms with Crippen LogP contribution in [0.4, 0.5) is 0 Å². The van der Waals surface area contributed by atoms with Crippen LogP contribution in [0.25, 0.3) is 0 Å². The molecule has 3 aromatic carbocycles. The molecule has 4 heterocycles. The fraction of sp³-hybridized carbons (Fsp3) is 0.343. The van der Waals surface area contributed by atoms with Gasteiger partial charge in [0, 0.05) is 58.9 Å². The second-order valence-electron chi connectivity index (χ2n) is 11.6. The van der Waals surface area contributed by atoms with Crippen LogP contribution in [-0.4, -0.2) is 84.7 Å². The van der Waals surface area contributed by atoms with Gasteiger partial charge in [0.1, 0.15) is 5.76 Å². The molecular weight excluding hydrogens is 540 g/mol. The van der Waals surface area contributed by atoms with E-state index in [1.165, 1.54) is 16.7 Å². The Morgan fingerprint density at radius 2 is 1.28 bits per heavy atom. The zero-order valence-corrected chi connectivity index (χ0v) is 24.4. The quantitative estimate of drug-likeness (QED) is 0.296.